The average molecular weight is 306 g/mol. The Morgan fingerprint density at radius 2 is 1.91 bits per heavy atom. The van der Waals surface area contributed by atoms with Crippen LogP contribution in [0.15, 0.2) is 59.1 Å². The summed E-state index contributed by atoms with van der Waals surface area (Å²) in [5, 5.41) is 4.99. The molecule has 1 saturated heterocycles. The molecule has 2 aromatic carbocycles. The molecule has 1 aliphatic heterocycles. The van der Waals surface area contributed by atoms with Gasteiger partial charge in [-0.05, 0) is 24.1 Å². The molecule has 0 saturated carbocycles. The van der Waals surface area contributed by atoms with Gasteiger partial charge in [0.05, 0.1) is 6.42 Å². The van der Waals surface area contributed by atoms with Gasteiger partial charge in [-0.3, -0.25) is 4.79 Å². The van der Waals surface area contributed by atoms with Crippen LogP contribution >= 0.6 is 0 Å². The third-order valence-corrected chi connectivity index (χ3v) is 4.58. The van der Waals surface area contributed by atoms with Crippen LogP contribution in [0.1, 0.15) is 23.6 Å². The van der Waals surface area contributed by atoms with Gasteiger partial charge in [-0.1, -0.05) is 47.6 Å². The second-order valence-corrected chi connectivity index (χ2v) is 6.04. The van der Waals surface area contributed by atoms with Crippen molar-refractivity contribution in [3.8, 4) is 0 Å². The SMILES string of the molecule is O=C(Cc1noc2ccccc12)N1CCC(c2ccccc2)C1. The molecule has 0 N–H and O–H groups in total. The highest BCUT2D eigenvalue weighted by atomic mass is 16.5. The molecule has 1 atom stereocenters. The van der Waals surface area contributed by atoms with Crippen molar-refractivity contribution in [2.24, 2.45) is 0 Å². The van der Waals surface area contributed by atoms with E-state index in [1.807, 2.05) is 35.2 Å². The Morgan fingerprint density at radius 3 is 2.78 bits per heavy atom. The predicted molar refractivity (Wildman–Crippen MR) is 88.1 cm³/mol. The zero-order chi connectivity index (χ0) is 15.6. The molecule has 0 bridgehead atoms. The summed E-state index contributed by atoms with van der Waals surface area (Å²) in [6.45, 7) is 1.60. The van der Waals surface area contributed by atoms with Gasteiger partial charge in [0.15, 0.2) is 5.58 Å². The average Bonchev–Trinajstić information content (AvgIpc) is 3.24. The van der Waals surface area contributed by atoms with Crippen molar-refractivity contribution in [1.29, 1.82) is 0 Å². The van der Waals surface area contributed by atoms with E-state index in [0.717, 1.165) is 36.2 Å². The number of nitrogens with zero attached hydrogens (tertiary/aromatic N) is 2. The van der Waals surface area contributed by atoms with Crippen LogP contribution in [0.25, 0.3) is 11.0 Å². The summed E-state index contributed by atoms with van der Waals surface area (Å²) in [6.07, 6.45) is 1.33. The summed E-state index contributed by atoms with van der Waals surface area (Å²) in [6, 6.07) is 18.1. The first-order chi connectivity index (χ1) is 11.3. The maximum Gasteiger partial charge on any atom is 0.228 e. The van der Waals surface area contributed by atoms with Crippen LogP contribution in [-0.4, -0.2) is 29.1 Å². The number of aromatic nitrogens is 1. The van der Waals surface area contributed by atoms with E-state index in [0.29, 0.717) is 12.3 Å². The summed E-state index contributed by atoms with van der Waals surface area (Å²) in [4.78, 5) is 14.5. The predicted octanol–water partition coefficient (Wildman–Crippen LogP) is 3.39. The summed E-state index contributed by atoms with van der Waals surface area (Å²) in [5.74, 6) is 0.566. The van der Waals surface area contributed by atoms with E-state index in [2.05, 4.69) is 29.4 Å². The topological polar surface area (TPSA) is 46.3 Å². The number of carbonyl (C=O) groups excluding carboxylic acids is 1. The summed E-state index contributed by atoms with van der Waals surface area (Å²) in [5.41, 5.74) is 2.78. The number of para-hydroxylation sites is 1. The molecular formula is C19H18N2O2. The lowest BCUT2D eigenvalue weighted by atomic mass is 9.99. The van der Waals surface area contributed by atoms with E-state index in [9.17, 15) is 4.79 Å². The fourth-order valence-electron chi connectivity index (χ4n) is 3.30. The van der Waals surface area contributed by atoms with Gasteiger partial charge in [0.1, 0.15) is 5.69 Å². The van der Waals surface area contributed by atoms with Crippen molar-refractivity contribution in [2.75, 3.05) is 13.1 Å². The molecule has 0 spiro atoms. The van der Waals surface area contributed by atoms with E-state index in [4.69, 9.17) is 4.52 Å². The number of benzene rings is 2. The van der Waals surface area contributed by atoms with Crippen molar-refractivity contribution >= 4 is 16.9 Å². The van der Waals surface area contributed by atoms with Crippen LogP contribution in [0.3, 0.4) is 0 Å². The minimum absolute atomic E-state index is 0.127. The first-order valence-electron chi connectivity index (χ1n) is 7.97. The molecule has 1 aliphatic rings. The molecule has 1 fully saturated rings. The molecule has 1 aromatic heterocycles. The highest BCUT2D eigenvalue weighted by Crippen LogP contribution is 2.27. The zero-order valence-corrected chi connectivity index (χ0v) is 12.8. The van der Waals surface area contributed by atoms with Crippen LogP contribution in [-0.2, 0) is 11.2 Å². The maximum atomic E-state index is 12.6. The van der Waals surface area contributed by atoms with E-state index in [1.54, 1.807) is 0 Å². The summed E-state index contributed by atoms with van der Waals surface area (Å²) >= 11 is 0. The Hall–Kier alpha value is -2.62. The van der Waals surface area contributed by atoms with Gasteiger partial charge in [-0.2, -0.15) is 0 Å². The normalized spacial score (nSPS) is 17.7. The summed E-state index contributed by atoms with van der Waals surface area (Å²) < 4.78 is 5.28. The Balaban J connectivity index is 1.46. The van der Waals surface area contributed by atoms with E-state index in [1.165, 1.54) is 5.56 Å². The molecule has 0 radical (unpaired) electrons. The lowest BCUT2D eigenvalue weighted by Gasteiger charge is -2.16. The van der Waals surface area contributed by atoms with Crippen LogP contribution in [0.5, 0.6) is 0 Å². The van der Waals surface area contributed by atoms with Crippen molar-refractivity contribution < 1.29 is 9.32 Å². The van der Waals surface area contributed by atoms with E-state index >= 15 is 0 Å². The highest BCUT2D eigenvalue weighted by Gasteiger charge is 2.28. The Labute approximate surface area is 134 Å². The Kier molecular flexibility index (Phi) is 3.58. The second-order valence-electron chi connectivity index (χ2n) is 6.04. The minimum atomic E-state index is 0.127. The van der Waals surface area contributed by atoms with Crippen molar-refractivity contribution in [3.63, 3.8) is 0 Å². The molecule has 0 aliphatic carbocycles. The first-order valence-corrected chi connectivity index (χ1v) is 7.97. The van der Waals surface area contributed by atoms with Gasteiger partial charge in [0.2, 0.25) is 5.91 Å². The lowest BCUT2D eigenvalue weighted by Crippen LogP contribution is -2.30. The number of amides is 1. The molecule has 2 heterocycles. The largest absolute Gasteiger partial charge is 0.356 e. The molecule has 4 rings (SSSR count). The molecule has 1 amide bonds. The van der Waals surface area contributed by atoms with E-state index in [-0.39, 0.29) is 5.91 Å². The third-order valence-electron chi connectivity index (χ3n) is 4.58. The second kappa shape index (κ2) is 5.88. The smallest absolute Gasteiger partial charge is 0.228 e. The third kappa shape index (κ3) is 2.72. The van der Waals surface area contributed by atoms with Gasteiger partial charge >= 0.3 is 0 Å². The first kappa shape index (κ1) is 14.0. The van der Waals surface area contributed by atoms with Gasteiger partial charge in [-0.15, -0.1) is 0 Å². The van der Waals surface area contributed by atoms with E-state index < -0.39 is 0 Å². The molecule has 3 aromatic rings. The van der Waals surface area contributed by atoms with Crippen molar-refractivity contribution in [3.05, 3.63) is 65.9 Å². The zero-order valence-electron chi connectivity index (χ0n) is 12.8. The van der Waals surface area contributed by atoms with Gasteiger partial charge < -0.3 is 9.42 Å². The van der Waals surface area contributed by atoms with Crippen molar-refractivity contribution in [2.45, 2.75) is 18.8 Å². The monoisotopic (exact) mass is 306 g/mol. The number of hydrogen-bond donors (Lipinski definition) is 0. The number of carbonyl (C=O) groups is 1. The number of likely N-dealkylation sites (tertiary alicyclic amines) is 1. The molecular weight excluding hydrogens is 288 g/mol. The number of hydrogen-bond acceptors (Lipinski definition) is 3. The quantitative estimate of drug-likeness (QED) is 0.745. The van der Waals surface area contributed by atoms with Crippen molar-refractivity contribution in [1.82, 2.24) is 10.1 Å². The van der Waals surface area contributed by atoms with Gasteiger partial charge in [0.25, 0.3) is 0 Å². The van der Waals surface area contributed by atoms with Gasteiger partial charge in [-0.25, -0.2) is 0 Å². The summed E-state index contributed by atoms with van der Waals surface area (Å²) in [7, 11) is 0. The molecule has 116 valence electrons. The molecule has 4 nitrogen and oxygen atoms in total. The lowest BCUT2D eigenvalue weighted by molar-refractivity contribution is -0.129. The van der Waals surface area contributed by atoms with Crippen LogP contribution in [0, 0.1) is 0 Å². The fraction of sp³-hybridized carbons (Fsp3) is 0.263. The van der Waals surface area contributed by atoms with Crippen LogP contribution in [0.4, 0.5) is 0 Å². The maximum absolute atomic E-state index is 12.6. The highest BCUT2D eigenvalue weighted by molar-refractivity contribution is 5.86. The molecule has 23 heavy (non-hydrogen) atoms. The Bertz CT molecular complexity index is 826. The van der Waals surface area contributed by atoms with Crippen LogP contribution in [0.2, 0.25) is 0 Å². The van der Waals surface area contributed by atoms with Crippen LogP contribution < -0.4 is 0 Å². The molecule has 1 unspecified atom stereocenters. The number of rotatable bonds is 3. The standard InChI is InChI=1S/C19H18N2O2/c22-19(12-17-16-8-4-5-9-18(16)23-20-17)21-11-10-15(13-21)14-6-2-1-3-7-14/h1-9,15H,10-13H2. The Morgan fingerprint density at radius 1 is 1.13 bits per heavy atom. The number of fused-ring (bicyclic) bond motifs is 1. The fourth-order valence-corrected chi connectivity index (χ4v) is 3.30. The molecule has 4 heteroatoms. The minimum Gasteiger partial charge on any atom is -0.356 e. The van der Waals surface area contributed by atoms with Gasteiger partial charge in [0, 0.05) is 24.4 Å².